The molecule has 168 valence electrons. The van der Waals surface area contributed by atoms with Gasteiger partial charge in [0.25, 0.3) is 5.91 Å². The number of benzene rings is 1. The van der Waals surface area contributed by atoms with Crippen molar-refractivity contribution in [2.75, 3.05) is 33.3 Å². The largest absolute Gasteiger partial charge is 0.573 e. The second-order valence-corrected chi connectivity index (χ2v) is 7.08. The third-order valence-corrected chi connectivity index (χ3v) is 5.24. The van der Waals surface area contributed by atoms with Crippen molar-refractivity contribution in [3.05, 3.63) is 29.8 Å². The van der Waals surface area contributed by atoms with E-state index in [-0.39, 0.29) is 30.3 Å². The first-order valence-electron chi connectivity index (χ1n) is 9.88. The Labute approximate surface area is 174 Å². The van der Waals surface area contributed by atoms with E-state index in [0.29, 0.717) is 32.5 Å². The summed E-state index contributed by atoms with van der Waals surface area (Å²) in [5.74, 6) is -0.613. The van der Waals surface area contributed by atoms with Gasteiger partial charge in [-0.05, 0) is 44.4 Å². The molecule has 0 saturated carbocycles. The maximum atomic E-state index is 12.5. The Hall–Kier alpha value is -2.49. The number of rotatable bonds is 7. The monoisotopic (exact) mass is 431 g/mol. The molecule has 2 rings (SSSR count). The lowest BCUT2D eigenvalue weighted by atomic mass is 9.99. The van der Waals surface area contributed by atoms with Gasteiger partial charge in [-0.2, -0.15) is 0 Å². The summed E-state index contributed by atoms with van der Waals surface area (Å²) in [6, 6.07) is 5.88. The molecule has 7 nitrogen and oxygen atoms in total. The highest BCUT2D eigenvalue weighted by Gasteiger charge is 2.32. The summed E-state index contributed by atoms with van der Waals surface area (Å²) in [7, 11) is 1.47. The molecule has 0 aromatic heterocycles. The molecule has 1 heterocycles. The molecule has 1 aliphatic rings. The fourth-order valence-electron chi connectivity index (χ4n) is 3.59. The van der Waals surface area contributed by atoms with E-state index in [4.69, 9.17) is 4.74 Å². The maximum absolute atomic E-state index is 12.5. The summed E-state index contributed by atoms with van der Waals surface area (Å²) >= 11 is 0. The number of piperidine rings is 1. The van der Waals surface area contributed by atoms with E-state index in [9.17, 15) is 22.8 Å². The molecule has 0 aliphatic carbocycles. The Morgan fingerprint density at radius 2 is 1.97 bits per heavy atom. The number of carbonyl (C=O) groups is 2. The number of likely N-dealkylation sites (tertiary alicyclic amines) is 1. The van der Waals surface area contributed by atoms with E-state index in [0.717, 1.165) is 5.56 Å². The molecular weight excluding hydrogens is 403 g/mol. The predicted octanol–water partition coefficient (Wildman–Crippen LogP) is 3.32. The highest BCUT2D eigenvalue weighted by molar-refractivity contribution is 5.79. The molecule has 1 saturated heterocycles. The van der Waals surface area contributed by atoms with Gasteiger partial charge in [0.2, 0.25) is 0 Å². The highest BCUT2D eigenvalue weighted by Crippen LogP contribution is 2.30. The second kappa shape index (κ2) is 10.5. The second-order valence-electron chi connectivity index (χ2n) is 7.08. The van der Waals surface area contributed by atoms with Crippen LogP contribution in [0.1, 0.15) is 38.3 Å². The third-order valence-electron chi connectivity index (χ3n) is 5.24. The molecule has 10 heteroatoms. The minimum atomic E-state index is -4.73. The van der Waals surface area contributed by atoms with Crippen molar-refractivity contribution in [1.29, 1.82) is 0 Å². The minimum Gasteiger partial charge on any atom is -0.439 e. The van der Waals surface area contributed by atoms with Crippen LogP contribution in [0, 0.1) is 0 Å². The average molecular weight is 431 g/mol. The van der Waals surface area contributed by atoms with Crippen molar-refractivity contribution >= 4 is 12.0 Å². The fraction of sp³-hybridized carbons (Fsp3) is 0.600. The van der Waals surface area contributed by atoms with Gasteiger partial charge < -0.3 is 19.7 Å². The van der Waals surface area contributed by atoms with Crippen molar-refractivity contribution in [3.8, 4) is 5.75 Å². The number of hydrogen-bond acceptors (Lipinski definition) is 5. The van der Waals surface area contributed by atoms with E-state index < -0.39 is 12.5 Å². The lowest BCUT2D eigenvalue weighted by Crippen LogP contribution is -2.48. The van der Waals surface area contributed by atoms with Gasteiger partial charge in [0.1, 0.15) is 5.75 Å². The van der Waals surface area contributed by atoms with Crippen LogP contribution in [-0.4, -0.2) is 67.5 Å². The van der Waals surface area contributed by atoms with Crippen molar-refractivity contribution in [3.63, 3.8) is 0 Å². The summed E-state index contributed by atoms with van der Waals surface area (Å²) in [6.45, 7) is 5.27. The predicted molar refractivity (Wildman–Crippen MR) is 104 cm³/mol. The number of carbonyl (C=O) groups excluding carboxylic acids is 2. The van der Waals surface area contributed by atoms with Gasteiger partial charge in [0.15, 0.2) is 6.61 Å². The normalized spacial score (nSPS) is 16.6. The standard InChI is InChI=1S/C20H28F3N3O4/c1-4-26(19(28)29-13-18(27)24-3)16-8-10-25(11-9-16)14(2)15-6-5-7-17(12-15)30-20(21,22)23/h5-7,12,14,16H,4,8-11,13H2,1-3H3,(H,24,27). The zero-order valence-corrected chi connectivity index (χ0v) is 17.4. The lowest BCUT2D eigenvalue weighted by Gasteiger charge is -2.40. The van der Waals surface area contributed by atoms with Crippen molar-refractivity contribution in [2.24, 2.45) is 0 Å². The summed E-state index contributed by atoms with van der Waals surface area (Å²) in [5, 5.41) is 2.39. The summed E-state index contributed by atoms with van der Waals surface area (Å²) in [6.07, 6.45) is -3.85. The Bertz CT molecular complexity index is 721. The fourth-order valence-corrected chi connectivity index (χ4v) is 3.59. The molecule has 30 heavy (non-hydrogen) atoms. The quantitative estimate of drug-likeness (QED) is 0.717. The number of hydrogen-bond donors (Lipinski definition) is 1. The van der Waals surface area contributed by atoms with Crippen molar-refractivity contribution < 1.29 is 32.2 Å². The van der Waals surface area contributed by atoms with Crippen LogP contribution in [0.2, 0.25) is 0 Å². The molecule has 1 aromatic carbocycles. The molecule has 1 aromatic rings. The molecule has 1 atom stereocenters. The zero-order valence-electron chi connectivity index (χ0n) is 17.4. The first-order chi connectivity index (χ1) is 14.1. The van der Waals surface area contributed by atoms with Crippen molar-refractivity contribution in [1.82, 2.24) is 15.1 Å². The number of ether oxygens (including phenoxy) is 2. The Morgan fingerprint density at radius 3 is 2.53 bits per heavy atom. The number of amides is 2. The molecule has 0 bridgehead atoms. The summed E-state index contributed by atoms with van der Waals surface area (Å²) < 4.78 is 46.5. The van der Waals surface area contributed by atoms with Crippen LogP contribution in [0.5, 0.6) is 5.75 Å². The number of nitrogens with one attached hydrogen (secondary N) is 1. The number of alkyl halides is 3. The number of halogens is 3. The molecule has 1 aliphatic heterocycles. The molecular formula is C20H28F3N3O4. The molecule has 0 spiro atoms. The lowest BCUT2D eigenvalue weighted by molar-refractivity contribution is -0.274. The highest BCUT2D eigenvalue weighted by atomic mass is 19.4. The first-order valence-corrected chi connectivity index (χ1v) is 9.88. The minimum absolute atomic E-state index is 0.0180. The van der Waals surface area contributed by atoms with Crippen LogP contribution < -0.4 is 10.1 Å². The van der Waals surface area contributed by atoms with Crippen LogP contribution in [0.4, 0.5) is 18.0 Å². The maximum Gasteiger partial charge on any atom is 0.573 e. The van der Waals surface area contributed by atoms with E-state index in [2.05, 4.69) is 15.0 Å². The Morgan fingerprint density at radius 1 is 1.30 bits per heavy atom. The first kappa shape index (κ1) is 23.8. The SMILES string of the molecule is CCN(C(=O)OCC(=O)NC)C1CCN(C(C)c2cccc(OC(F)(F)F)c2)CC1. The van der Waals surface area contributed by atoms with Crippen LogP contribution in [-0.2, 0) is 9.53 Å². The van der Waals surface area contributed by atoms with Gasteiger partial charge in [0.05, 0.1) is 0 Å². The van der Waals surface area contributed by atoms with Crippen LogP contribution >= 0.6 is 0 Å². The average Bonchev–Trinajstić information content (AvgIpc) is 2.71. The third kappa shape index (κ3) is 6.79. The van der Waals surface area contributed by atoms with Gasteiger partial charge in [0, 0.05) is 38.8 Å². The van der Waals surface area contributed by atoms with E-state index in [1.165, 1.54) is 19.2 Å². The number of likely N-dealkylation sites (N-methyl/N-ethyl adjacent to an activating group) is 1. The van der Waals surface area contributed by atoms with Crippen LogP contribution in [0.3, 0.4) is 0 Å². The molecule has 1 fully saturated rings. The Balaban J connectivity index is 1.93. The van der Waals surface area contributed by atoms with Crippen LogP contribution in [0.25, 0.3) is 0 Å². The molecule has 1 N–H and O–H groups in total. The van der Waals surface area contributed by atoms with Gasteiger partial charge in [-0.25, -0.2) is 4.79 Å². The molecule has 2 amide bonds. The van der Waals surface area contributed by atoms with Gasteiger partial charge in [-0.15, -0.1) is 13.2 Å². The van der Waals surface area contributed by atoms with Gasteiger partial charge in [-0.1, -0.05) is 12.1 Å². The summed E-state index contributed by atoms with van der Waals surface area (Å²) in [4.78, 5) is 27.3. The van der Waals surface area contributed by atoms with E-state index in [1.807, 2.05) is 13.8 Å². The topological polar surface area (TPSA) is 71.1 Å². The van der Waals surface area contributed by atoms with Crippen molar-refractivity contribution in [2.45, 2.75) is 45.1 Å². The Kier molecular flexibility index (Phi) is 8.33. The number of nitrogens with zero attached hydrogens (tertiary/aromatic N) is 2. The summed E-state index contributed by atoms with van der Waals surface area (Å²) in [5.41, 5.74) is 0.729. The van der Waals surface area contributed by atoms with Gasteiger partial charge in [-0.3, -0.25) is 9.69 Å². The molecule has 0 radical (unpaired) electrons. The van der Waals surface area contributed by atoms with E-state index in [1.54, 1.807) is 17.0 Å². The molecule has 1 unspecified atom stereocenters. The smallest absolute Gasteiger partial charge is 0.439 e. The van der Waals surface area contributed by atoms with Crippen LogP contribution in [0.15, 0.2) is 24.3 Å². The van der Waals surface area contributed by atoms with E-state index >= 15 is 0 Å². The zero-order chi connectivity index (χ0) is 22.3. The van der Waals surface area contributed by atoms with Gasteiger partial charge >= 0.3 is 12.5 Å².